The van der Waals surface area contributed by atoms with Crippen LogP contribution in [0.5, 0.6) is 5.75 Å². The van der Waals surface area contributed by atoms with Crippen molar-refractivity contribution in [2.75, 3.05) is 52.5 Å². The summed E-state index contributed by atoms with van der Waals surface area (Å²) < 4.78 is 46.7. The minimum absolute atomic E-state index is 0. The maximum atomic E-state index is 12.2. The van der Waals surface area contributed by atoms with Crippen LogP contribution in [0.2, 0.25) is 0 Å². The van der Waals surface area contributed by atoms with Crippen molar-refractivity contribution in [3.05, 3.63) is 29.8 Å². The first kappa shape index (κ1) is 27.7. The SMILES string of the molecule is CCNC(=NCc1ccc(OCC(F)(F)F)cc1)NCC(C)(O)CN1CCOCC1.I. The molecule has 1 heterocycles. The predicted molar refractivity (Wildman–Crippen MR) is 124 cm³/mol. The van der Waals surface area contributed by atoms with E-state index in [1.165, 1.54) is 12.1 Å². The molecule has 0 aromatic heterocycles. The van der Waals surface area contributed by atoms with E-state index in [1.807, 2.05) is 6.92 Å². The number of nitrogens with one attached hydrogen (secondary N) is 2. The minimum Gasteiger partial charge on any atom is -0.484 e. The zero-order valence-electron chi connectivity index (χ0n) is 17.9. The number of aliphatic hydroxyl groups is 1. The van der Waals surface area contributed by atoms with Crippen LogP contribution in [-0.2, 0) is 11.3 Å². The molecule has 0 spiro atoms. The summed E-state index contributed by atoms with van der Waals surface area (Å²) in [5, 5.41) is 17.0. The lowest BCUT2D eigenvalue weighted by Crippen LogP contribution is -2.52. The number of halogens is 4. The smallest absolute Gasteiger partial charge is 0.422 e. The molecule has 1 aliphatic heterocycles. The lowest BCUT2D eigenvalue weighted by Gasteiger charge is -2.34. The van der Waals surface area contributed by atoms with Crippen LogP contribution >= 0.6 is 24.0 Å². The summed E-state index contributed by atoms with van der Waals surface area (Å²) in [5.41, 5.74) is -0.114. The van der Waals surface area contributed by atoms with Crippen molar-refractivity contribution in [1.82, 2.24) is 15.5 Å². The van der Waals surface area contributed by atoms with Crippen molar-refractivity contribution in [3.63, 3.8) is 0 Å². The molecule has 11 heteroatoms. The van der Waals surface area contributed by atoms with E-state index in [-0.39, 0.29) is 29.7 Å². The molecule has 1 aromatic carbocycles. The molecule has 1 aromatic rings. The van der Waals surface area contributed by atoms with Crippen LogP contribution in [0.15, 0.2) is 29.3 Å². The van der Waals surface area contributed by atoms with Gasteiger partial charge in [-0.15, -0.1) is 24.0 Å². The second kappa shape index (κ2) is 13.3. The third-order valence-corrected chi connectivity index (χ3v) is 4.39. The summed E-state index contributed by atoms with van der Waals surface area (Å²) in [6.45, 7) is 7.18. The average molecular weight is 560 g/mol. The van der Waals surface area contributed by atoms with Crippen molar-refractivity contribution in [1.29, 1.82) is 0 Å². The Balaban J connectivity index is 0.00000480. The Morgan fingerprint density at radius 3 is 2.42 bits per heavy atom. The van der Waals surface area contributed by atoms with Crippen LogP contribution in [0.25, 0.3) is 0 Å². The van der Waals surface area contributed by atoms with Gasteiger partial charge in [0.05, 0.1) is 25.4 Å². The van der Waals surface area contributed by atoms with Crippen LogP contribution in [0.1, 0.15) is 19.4 Å². The van der Waals surface area contributed by atoms with E-state index in [0.29, 0.717) is 45.4 Å². The van der Waals surface area contributed by atoms with Gasteiger partial charge in [-0.1, -0.05) is 12.1 Å². The maximum absolute atomic E-state index is 12.2. The number of benzene rings is 1. The normalized spacial score (nSPS) is 17.4. The average Bonchev–Trinajstić information content (AvgIpc) is 2.69. The van der Waals surface area contributed by atoms with Gasteiger partial charge in [0, 0.05) is 32.7 Å². The lowest BCUT2D eigenvalue weighted by molar-refractivity contribution is -0.153. The van der Waals surface area contributed by atoms with Crippen LogP contribution in [0, 0.1) is 0 Å². The van der Waals surface area contributed by atoms with Gasteiger partial charge in [0.25, 0.3) is 0 Å². The molecule has 31 heavy (non-hydrogen) atoms. The Kier molecular flexibility index (Phi) is 11.9. The van der Waals surface area contributed by atoms with E-state index in [2.05, 4.69) is 20.5 Å². The van der Waals surface area contributed by atoms with Gasteiger partial charge >= 0.3 is 6.18 Å². The number of alkyl halides is 3. The van der Waals surface area contributed by atoms with Gasteiger partial charge in [-0.25, -0.2) is 4.99 Å². The Morgan fingerprint density at radius 1 is 1.19 bits per heavy atom. The van der Waals surface area contributed by atoms with Gasteiger partial charge in [0.15, 0.2) is 12.6 Å². The molecule has 3 N–H and O–H groups in total. The van der Waals surface area contributed by atoms with E-state index in [0.717, 1.165) is 18.7 Å². The van der Waals surface area contributed by atoms with Crippen molar-refractivity contribution >= 4 is 29.9 Å². The topological polar surface area (TPSA) is 78.4 Å². The Bertz CT molecular complexity index is 667. The molecule has 0 saturated carbocycles. The number of morpholine rings is 1. The summed E-state index contributed by atoms with van der Waals surface area (Å²) >= 11 is 0. The van der Waals surface area contributed by atoms with Gasteiger partial charge < -0.3 is 25.2 Å². The van der Waals surface area contributed by atoms with Gasteiger partial charge in [-0.2, -0.15) is 13.2 Å². The summed E-state index contributed by atoms with van der Waals surface area (Å²) in [6.07, 6.45) is -4.36. The highest BCUT2D eigenvalue weighted by Gasteiger charge is 2.28. The molecule has 0 bridgehead atoms. The number of ether oxygens (including phenoxy) is 2. The van der Waals surface area contributed by atoms with Crippen molar-refractivity contribution < 1.29 is 27.8 Å². The largest absolute Gasteiger partial charge is 0.484 e. The summed E-state index contributed by atoms with van der Waals surface area (Å²) in [7, 11) is 0. The summed E-state index contributed by atoms with van der Waals surface area (Å²) in [4.78, 5) is 6.64. The molecule has 1 unspecified atom stereocenters. The number of aliphatic imine (C=N–C) groups is 1. The fourth-order valence-electron chi connectivity index (χ4n) is 2.94. The highest BCUT2D eigenvalue weighted by Crippen LogP contribution is 2.19. The maximum Gasteiger partial charge on any atom is 0.422 e. The van der Waals surface area contributed by atoms with E-state index >= 15 is 0 Å². The van der Waals surface area contributed by atoms with Gasteiger partial charge in [0.2, 0.25) is 0 Å². The molecule has 7 nitrogen and oxygen atoms in total. The summed E-state index contributed by atoms with van der Waals surface area (Å²) in [6, 6.07) is 6.33. The molecule has 178 valence electrons. The first-order chi connectivity index (χ1) is 14.2. The molecule has 1 aliphatic rings. The molecule has 1 atom stereocenters. The minimum atomic E-state index is -4.36. The van der Waals surface area contributed by atoms with E-state index in [9.17, 15) is 18.3 Å². The van der Waals surface area contributed by atoms with Crippen molar-refractivity contribution in [2.45, 2.75) is 32.2 Å². The molecular weight excluding hydrogens is 528 g/mol. The number of nitrogens with zero attached hydrogens (tertiary/aromatic N) is 2. The molecular formula is C20H32F3IN4O3. The number of hydrogen-bond acceptors (Lipinski definition) is 5. The second-order valence-corrected chi connectivity index (χ2v) is 7.48. The van der Waals surface area contributed by atoms with Crippen LogP contribution < -0.4 is 15.4 Å². The standard InChI is InChI=1S/C20H31F3N4O3.HI/c1-3-24-18(26-13-19(2,28)14-27-8-10-29-11-9-27)25-12-16-4-6-17(7-5-16)30-15-20(21,22)23;/h4-7,28H,3,8-15H2,1-2H3,(H2,24,25,26);1H. The summed E-state index contributed by atoms with van der Waals surface area (Å²) in [5.74, 6) is 0.710. The quantitative estimate of drug-likeness (QED) is 0.245. The molecule has 0 radical (unpaired) electrons. The highest BCUT2D eigenvalue weighted by atomic mass is 127. The fraction of sp³-hybridized carbons (Fsp3) is 0.650. The fourth-order valence-corrected chi connectivity index (χ4v) is 2.94. The molecule has 2 rings (SSSR count). The molecule has 0 aliphatic carbocycles. The van der Waals surface area contributed by atoms with Crippen LogP contribution in [0.4, 0.5) is 13.2 Å². The van der Waals surface area contributed by atoms with Crippen molar-refractivity contribution in [3.8, 4) is 5.75 Å². The lowest BCUT2D eigenvalue weighted by atomic mass is 10.1. The monoisotopic (exact) mass is 560 g/mol. The van der Waals surface area contributed by atoms with Crippen LogP contribution in [0.3, 0.4) is 0 Å². The number of β-amino-alcohol motifs (C(OH)–C–C–N with tert-alkyl or cyclic N) is 1. The van der Waals surface area contributed by atoms with Gasteiger partial charge in [-0.3, -0.25) is 4.90 Å². The Labute approximate surface area is 198 Å². The number of rotatable bonds is 9. The van der Waals surface area contributed by atoms with E-state index < -0.39 is 18.4 Å². The van der Waals surface area contributed by atoms with Gasteiger partial charge in [-0.05, 0) is 31.5 Å². The first-order valence-electron chi connectivity index (χ1n) is 10.00. The third-order valence-electron chi connectivity index (χ3n) is 4.39. The first-order valence-corrected chi connectivity index (χ1v) is 10.00. The highest BCUT2D eigenvalue weighted by molar-refractivity contribution is 14.0. The van der Waals surface area contributed by atoms with E-state index in [1.54, 1.807) is 19.1 Å². The van der Waals surface area contributed by atoms with Crippen molar-refractivity contribution in [2.24, 2.45) is 4.99 Å². The zero-order valence-corrected chi connectivity index (χ0v) is 20.2. The molecule has 1 fully saturated rings. The Hall–Kier alpha value is -1.31. The number of hydrogen-bond donors (Lipinski definition) is 3. The van der Waals surface area contributed by atoms with Crippen LogP contribution in [-0.4, -0.2) is 80.3 Å². The number of guanidine groups is 1. The zero-order chi connectivity index (χ0) is 22.0. The molecule has 0 amide bonds. The third kappa shape index (κ3) is 11.8. The Morgan fingerprint density at radius 2 is 1.84 bits per heavy atom. The second-order valence-electron chi connectivity index (χ2n) is 7.48. The van der Waals surface area contributed by atoms with Gasteiger partial charge in [0.1, 0.15) is 5.75 Å². The van der Waals surface area contributed by atoms with E-state index in [4.69, 9.17) is 9.47 Å². The predicted octanol–water partition coefficient (Wildman–Crippen LogP) is 2.38. The molecule has 1 saturated heterocycles.